The van der Waals surface area contributed by atoms with Crippen molar-refractivity contribution >= 4 is 0 Å². The van der Waals surface area contributed by atoms with Crippen LogP contribution in [0.2, 0.25) is 0 Å². The molecule has 0 heterocycles. The highest BCUT2D eigenvalue weighted by atomic mass is 16.7. The SMILES string of the molecule is C=C(CCCNCOCC(C)(C)C)OCOCC(C)(C)C. The molecule has 0 saturated carbocycles. The van der Waals surface area contributed by atoms with Crippen LogP contribution in [0.1, 0.15) is 54.4 Å². The van der Waals surface area contributed by atoms with Crippen molar-refractivity contribution in [1.82, 2.24) is 5.32 Å². The van der Waals surface area contributed by atoms with Gasteiger partial charge < -0.3 is 14.2 Å². The van der Waals surface area contributed by atoms with Gasteiger partial charge in [0.2, 0.25) is 0 Å². The first-order valence-corrected chi connectivity index (χ1v) is 7.77. The summed E-state index contributed by atoms with van der Waals surface area (Å²) in [6.45, 7) is 20.0. The lowest BCUT2D eigenvalue weighted by Crippen LogP contribution is -2.23. The van der Waals surface area contributed by atoms with Gasteiger partial charge in [0, 0.05) is 6.42 Å². The molecular weight excluding hydrogens is 266 g/mol. The van der Waals surface area contributed by atoms with E-state index in [2.05, 4.69) is 53.4 Å². The molecule has 21 heavy (non-hydrogen) atoms. The number of allylic oxidation sites excluding steroid dienone is 1. The molecule has 126 valence electrons. The fourth-order valence-electron chi connectivity index (χ4n) is 1.46. The van der Waals surface area contributed by atoms with Gasteiger partial charge >= 0.3 is 0 Å². The quantitative estimate of drug-likeness (QED) is 0.356. The summed E-state index contributed by atoms with van der Waals surface area (Å²) in [4.78, 5) is 0. The monoisotopic (exact) mass is 301 g/mol. The molecule has 0 bridgehead atoms. The first-order valence-electron chi connectivity index (χ1n) is 7.77. The zero-order chi connectivity index (χ0) is 16.4. The molecule has 1 N–H and O–H groups in total. The number of rotatable bonds is 11. The van der Waals surface area contributed by atoms with E-state index in [4.69, 9.17) is 14.2 Å². The van der Waals surface area contributed by atoms with Crippen LogP contribution in [-0.2, 0) is 14.2 Å². The van der Waals surface area contributed by atoms with E-state index < -0.39 is 0 Å². The summed E-state index contributed by atoms with van der Waals surface area (Å²) in [5, 5.41) is 3.25. The van der Waals surface area contributed by atoms with Gasteiger partial charge in [-0.15, -0.1) is 0 Å². The highest BCUT2D eigenvalue weighted by molar-refractivity contribution is 4.81. The Balaban J connectivity index is 3.35. The molecule has 0 unspecified atom stereocenters. The Bertz CT molecular complexity index is 277. The van der Waals surface area contributed by atoms with Crippen molar-refractivity contribution in [3.05, 3.63) is 12.3 Å². The van der Waals surface area contributed by atoms with Gasteiger partial charge in [-0.05, 0) is 23.8 Å². The van der Waals surface area contributed by atoms with Crippen LogP contribution in [0.3, 0.4) is 0 Å². The Morgan fingerprint density at radius 1 is 0.952 bits per heavy atom. The zero-order valence-electron chi connectivity index (χ0n) is 14.9. The van der Waals surface area contributed by atoms with Crippen LogP contribution < -0.4 is 5.32 Å². The third-order valence-corrected chi connectivity index (χ3v) is 2.43. The first kappa shape index (κ1) is 20.4. The summed E-state index contributed by atoms with van der Waals surface area (Å²) >= 11 is 0. The highest BCUT2D eigenvalue weighted by Crippen LogP contribution is 2.13. The maximum Gasteiger partial charge on any atom is 0.188 e. The average Bonchev–Trinajstić information content (AvgIpc) is 2.31. The summed E-state index contributed by atoms with van der Waals surface area (Å²) < 4.78 is 16.4. The van der Waals surface area contributed by atoms with Crippen LogP contribution in [0.5, 0.6) is 0 Å². The largest absolute Gasteiger partial charge is 0.473 e. The predicted octanol–water partition coefficient (Wildman–Crippen LogP) is 3.93. The van der Waals surface area contributed by atoms with E-state index in [9.17, 15) is 0 Å². The van der Waals surface area contributed by atoms with Crippen LogP contribution in [0, 0.1) is 10.8 Å². The Morgan fingerprint density at radius 3 is 2.10 bits per heavy atom. The topological polar surface area (TPSA) is 39.7 Å². The standard InChI is InChI=1S/C17H35NO3/c1-15(21-14-20-12-17(5,6)7)9-8-10-18-13-19-11-16(2,3)4/h18H,1,8-14H2,2-7H3. The first-order chi connectivity index (χ1) is 9.60. The minimum absolute atomic E-state index is 0.168. The van der Waals surface area contributed by atoms with Crippen molar-refractivity contribution in [2.24, 2.45) is 10.8 Å². The lowest BCUT2D eigenvalue weighted by Gasteiger charge is -2.19. The van der Waals surface area contributed by atoms with Crippen molar-refractivity contribution in [2.45, 2.75) is 54.4 Å². The van der Waals surface area contributed by atoms with E-state index in [1.165, 1.54) is 0 Å². The van der Waals surface area contributed by atoms with E-state index in [0.717, 1.165) is 31.8 Å². The molecule has 0 rings (SSSR count). The average molecular weight is 301 g/mol. The van der Waals surface area contributed by atoms with Crippen molar-refractivity contribution in [3.8, 4) is 0 Å². The smallest absolute Gasteiger partial charge is 0.188 e. The summed E-state index contributed by atoms with van der Waals surface area (Å²) in [6.07, 6.45) is 1.82. The van der Waals surface area contributed by atoms with Crippen molar-refractivity contribution in [2.75, 3.05) is 33.3 Å². The van der Waals surface area contributed by atoms with Crippen molar-refractivity contribution in [1.29, 1.82) is 0 Å². The van der Waals surface area contributed by atoms with Crippen LogP contribution in [0.4, 0.5) is 0 Å². The van der Waals surface area contributed by atoms with E-state index in [1.807, 2.05) is 0 Å². The molecular formula is C17H35NO3. The van der Waals surface area contributed by atoms with Gasteiger partial charge in [-0.3, -0.25) is 5.32 Å². The number of ether oxygens (including phenoxy) is 3. The zero-order valence-corrected chi connectivity index (χ0v) is 14.9. The Labute approximate surface area is 131 Å². The third-order valence-electron chi connectivity index (χ3n) is 2.43. The second kappa shape index (κ2) is 10.2. The maximum atomic E-state index is 5.53. The highest BCUT2D eigenvalue weighted by Gasteiger charge is 2.10. The van der Waals surface area contributed by atoms with Gasteiger partial charge in [0.05, 0.1) is 25.7 Å². The second-order valence-electron chi connectivity index (χ2n) is 7.87. The molecule has 4 nitrogen and oxygen atoms in total. The lowest BCUT2D eigenvalue weighted by molar-refractivity contribution is -0.0503. The summed E-state index contributed by atoms with van der Waals surface area (Å²) in [7, 11) is 0. The molecule has 0 saturated heterocycles. The third kappa shape index (κ3) is 17.4. The molecule has 0 aromatic heterocycles. The Kier molecular flexibility index (Phi) is 9.92. The Hall–Kier alpha value is -0.580. The van der Waals surface area contributed by atoms with E-state index in [-0.39, 0.29) is 17.6 Å². The van der Waals surface area contributed by atoms with Crippen LogP contribution in [0.25, 0.3) is 0 Å². The molecule has 0 atom stereocenters. The normalized spacial score (nSPS) is 12.5. The summed E-state index contributed by atoms with van der Waals surface area (Å²) in [5.41, 5.74) is 0.387. The molecule has 0 spiro atoms. The molecule has 0 fully saturated rings. The fourth-order valence-corrected chi connectivity index (χ4v) is 1.46. The molecule has 0 aliphatic carbocycles. The second-order valence-corrected chi connectivity index (χ2v) is 7.87. The van der Waals surface area contributed by atoms with Gasteiger partial charge in [-0.25, -0.2) is 0 Å². The van der Waals surface area contributed by atoms with E-state index in [1.54, 1.807) is 0 Å². The van der Waals surface area contributed by atoms with Crippen molar-refractivity contribution in [3.63, 3.8) is 0 Å². The molecule has 0 aromatic carbocycles. The fraction of sp³-hybridized carbons (Fsp3) is 0.882. The molecule has 0 amide bonds. The van der Waals surface area contributed by atoms with Crippen LogP contribution in [-0.4, -0.2) is 33.3 Å². The van der Waals surface area contributed by atoms with E-state index >= 15 is 0 Å². The number of nitrogens with one attached hydrogen (secondary N) is 1. The summed E-state index contributed by atoms with van der Waals surface area (Å²) in [6, 6.07) is 0. The molecule has 0 aliphatic heterocycles. The lowest BCUT2D eigenvalue weighted by atomic mass is 9.99. The molecule has 4 heteroatoms. The molecule has 0 radical (unpaired) electrons. The van der Waals surface area contributed by atoms with Crippen molar-refractivity contribution < 1.29 is 14.2 Å². The number of hydrogen-bond donors (Lipinski definition) is 1. The minimum Gasteiger partial charge on any atom is -0.473 e. The number of hydrogen-bond acceptors (Lipinski definition) is 4. The van der Waals surface area contributed by atoms with Gasteiger partial charge in [-0.2, -0.15) is 0 Å². The minimum atomic E-state index is 0.168. The van der Waals surface area contributed by atoms with Gasteiger partial charge in [0.15, 0.2) is 6.79 Å². The summed E-state index contributed by atoms with van der Waals surface area (Å²) in [5.74, 6) is 0.779. The van der Waals surface area contributed by atoms with Gasteiger partial charge in [0.25, 0.3) is 0 Å². The Morgan fingerprint density at radius 2 is 1.52 bits per heavy atom. The molecule has 0 aliphatic rings. The van der Waals surface area contributed by atoms with Gasteiger partial charge in [0.1, 0.15) is 0 Å². The maximum absolute atomic E-state index is 5.53. The van der Waals surface area contributed by atoms with Crippen LogP contribution in [0.15, 0.2) is 12.3 Å². The van der Waals surface area contributed by atoms with E-state index in [0.29, 0.717) is 13.3 Å². The predicted molar refractivity (Wildman–Crippen MR) is 88.0 cm³/mol. The molecule has 0 aromatic rings. The van der Waals surface area contributed by atoms with Crippen LogP contribution >= 0.6 is 0 Å². The van der Waals surface area contributed by atoms with Gasteiger partial charge in [-0.1, -0.05) is 48.1 Å².